The summed E-state index contributed by atoms with van der Waals surface area (Å²) in [5.74, 6) is 1.02. The van der Waals surface area contributed by atoms with E-state index in [1.165, 1.54) is 0 Å². The molecule has 30 heavy (non-hydrogen) atoms. The van der Waals surface area contributed by atoms with E-state index < -0.39 is 11.0 Å². The van der Waals surface area contributed by atoms with Crippen molar-refractivity contribution in [3.63, 3.8) is 0 Å². The quantitative estimate of drug-likeness (QED) is 0.758. The molecular formula is C22H27ClN4O3. The fourth-order valence-electron chi connectivity index (χ4n) is 4.30. The van der Waals surface area contributed by atoms with Gasteiger partial charge in [-0.15, -0.1) is 0 Å². The normalized spacial score (nSPS) is 18.4. The second-order valence-corrected chi connectivity index (χ2v) is 9.11. The number of ether oxygens (including phenoxy) is 1. The van der Waals surface area contributed by atoms with Gasteiger partial charge in [0, 0.05) is 17.3 Å². The number of piperidine rings is 1. The monoisotopic (exact) mass is 430 g/mol. The molecular weight excluding hydrogens is 404 g/mol. The number of aryl methyl sites for hydroxylation is 1. The third kappa shape index (κ3) is 3.89. The lowest BCUT2D eigenvalue weighted by Gasteiger charge is -2.38. The first-order valence-corrected chi connectivity index (χ1v) is 10.6. The molecule has 1 amide bonds. The van der Waals surface area contributed by atoms with Crippen molar-refractivity contribution in [2.24, 2.45) is 0 Å². The van der Waals surface area contributed by atoms with Crippen molar-refractivity contribution >= 4 is 23.2 Å². The number of carbonyl (C=O) groups is 1. The number of carbonyl (C=O) groups excluding carboxylic acids is 1. The molecule has 2 aliphatic heterocycles. The molecule has 1 aromatic heterocycles. The van der Waals surface area contributed by atoms with Gasteiger partial charge < -0.3 is 15.2 Å². The predicted molar refractivity (Wildman–Crippen MR) is 115 cm³/mol. The Bertz CT molecular complexity index is 948. The fourth-order valence-corrected chi connectivity index (χ4v) is 4.57. The summed E-state index contributed by atoms with van der Waals surface area (Å²) >= 11 is 6.28. The van der Waals surface area contributed by atoms with Gasteiger partial charge in [-0.1, -0.05) is 11.6 Å². The Morgan fingerprint density at radius 3 is 2.57 bits per heavy atom. The zero-order valence-electron chi connectivity index (χ0n) is 17.5. The predicted octanol–water partition coefficient (Wildman–Crippen LogP) is 3.03. The Labute approximate surface area is 181 Å². The number of benzene rings is 1. The van der Waals surface area contributed by atoms with E-state index in [9.17, 15) is 9.90 Å². The number of halogens is 1. The highest BCUT2D eigenvalue weighted by Crippen LogP contribution is 2.47. The SMILES string of the molecule is Cc1cc(Cl)cc2c1NC(=O)C21CCN(CCOc2cnc(C(C)(C)O)nc2)CC1. The first-order valence-electron chi connectivity index (χ1n) is 10.2. The molecule has 2 N–H and O–H groups in total. The minimum Gasteiger partial charge on any atom is -0.489 e. The Morgan fingerprint density at radius 2 is 1.93 bits per heavy atom. The van der Waals surface area contributed by atoms with Crippen LogP contribution in [0.15, 0.2) is 24.5 Å². The zero-order valence-corrected chi connectivity index (χ0v) is 18.3. The van der Waals surface area contributed by atoms with Crippen molar-refractivity contribution in [3.8, 4) is 5.75 Å². The second kappa shape index (κ2) is 7.80. The lowest BCUT2D eigenvalue weighted by Crippen LogP contribution is -2.47. The first kappa shape index (κ1) is 21.0. The molecule has 1 saturated heterocycles. The number of amides is 1. The minimum atomic E-state index is -1.07. The highest BCUT2D eigenvalue weighted by molar-refractivity contribution is 6.31. The summed E-state index contributed by atoms with van der Waals surface area (Å²) in [4.78, 5) is 23.5. The molecule has 1 spiro atoms. The van der Waals surface area contributed by atoms with Crippen LogP contribution in [0.4, 0.5) is 5.69 Å². The fraction of sp³-hybridized carbons (Fsp3) is 0.500. The standard InChI is InChI=1S/C22H27ClN4O3/c1-14-10-15(23)11-17-18(14)26-20(28)22(17)4-6-27(7-5-22)8-9-30-16-12-24-19(25-13-16)21(2,3)29/h10-13,29H,4-9H2,1-3H3,(H,26,28). The number of fused-ring (bicyclic) bond motifs is 2. The molecule has 0 aliphatic carbocycles. The molecule has 0 unspecified atom stereocenters. The molecule has 0 bridgehead atoms. The molecule has 0 radical (unpaired) electrons. The van der Waals surface area contributed by atoms with E-state index in [4.69, 9.17) is 16.3 Å². The average Bonchev–Trinajstić information content (AvgIpc) is 2.95. The van der Waals surface area contributed by atoms with Gasteiger partial charge in [0.2, 0.25) is 5.91 Å². The molecule has 4 rings (SSSR count). The smallest absolute Gasteiger partial charge is 0.235 e. The third-order valence-electron chi connectivity index (χ3n) is 6.05. The summed E-state index contributed by atoms with van der Waals surface area (Å²) in [5.41, 5.74) is 1.42. The van der Waals surface area contributed by atoms with Crippen molar-refractivity contribution < 1.29 is 14.6 Å². The molecule has 1 aromatic carbocycles. The number of nitrogens with one attached hydrogen (secondary N) is 1. The Morgan fingerprint density at radius 1 is 1.27 bits per heavy atom. The van der Waals surface area contributed by atoms with Crippen LogP contribution in [0.5, 0.6) is 5.75 Å². The second-order valence-electron chi connectivity index (χ2n) is 8.67. The van der Waals surface area contributed by atoms with Crippen molar-refractivity contribution in [1.29, 1.82) is 0 Å². The number of rotatable bonds is 5. The van der Waals surface area contributed by atoms with Crippen molar-refractivity contribution in [2.75, 3.05) is 31.6 Å². The number of anilines is 1. The first-order chi connectivity index (χ1) is 14.2. The summed E-state index contributed by atoms with van der Waals surface area (Å²) in [6.07, 6.45) is 4.68. The lowest BCUT2D eigenvalue weighted by molar-refractivity contribution is -0.122. The van der Waals surface area contributed by atoms with Crippen LogP contribution in [0.3, 0.4) is 0 Å². The summed E-state index contributed by atoms with van der Waals surface area (Å²) in [7, 11) is 0. The Balaban J connectivity index is 1.33. The summed E-state index contributed by atoms with van der Waals surface area (Å²) in [6, 6.07) is 3.84. The average molecular weight is 431 g/mol. The van der Waals surface area contributed by atoms with Gasteiger partial charge in [-0.05, 0) is 70.0 Å². The van der Waals surface area contributed by atoms with Crippen LogP contribution in [0.25, 0.3) is 0 Å². The van der Waals surface area contributed by atoms with E-state index in [1.54, 1.807) is 26.2 Å². The van der Waals surface area contributed by atoms with E-state index in [0.717, 1.165) is 49.3 Å². The number of nitrogens with zero attached hydrogens (tertiary/aromatic N) is 3. The number of hydrogen-bond acceptors (Lipinski definition) is 6. The number of hydrogen-bond donors (Lipinski definition) is 2. The van der Waals surface area contributed by atoms with E-state index in [2.05, 4.69) is 20.2 Å². The van der Waals surface area contributed by atoms with E-state index in [-0.39, 0.29) is 5.91 Å². The van der Waals surface area contributed by atoms with Gasteiger partial charge in [0.15, 0.2) is 11.6 Å². The summed E-state index contributed by atoms with van der Waals surface area (Å²) < 4.78 is 5.76. The number of aliphatic hydroxyl groups is 1. The van der Waals surface area contributed by atoms with Gasteiger partial charge in [-0.25, -0.2) is 9.97 Å². The van der Waals surface area contributed by atoms with Crippen LogP contribution in [0.1, 0.15) is 43.6 Å². The van der Waals surface area contributed by atoms with Crippen molar-refractivity contribution in [2.45, 2.75) is 44.6 Å². The maximum Gasteiger partial charge on any atom is 0.235 e. The molecule has 2 aliphatic rings. The van der Waals surface area contributed by atoms with Gasteiger partial charge >= 0.3 is 0 Å². The molecule has 2 aromatic rings. The van der Waals surface area contributed by atoms with Crippen molar-refractivity contribution in [1.82, 2.24) is 14.9 Å². The largest absolute Gasteiger partial charge is 0.489 e. The maximum absolute atomic E-state index is 12.8. The molecule has 160 valence electrons. The van der Waals surface area contributed by atoms with Crippen LogP contribution in [0, 0.1) is 6.92 Å². The van der Waals surface area contributed by atoms with Crippen LogP contribution < -0.4 is 10.1 Å². The van der Waals surface area contributed by atoms with E-state index >= 15 is 0 Å². The molecule has 3 heterocycles. The zero-order chi connectivity index (χ0) is 21.5. The van der Waals surface area contributed by atoms with Gasteiger partial charge in [-0.3, -0.25) is 9.69 Å². The van der Waals surface area contributed by atoms with Crippen LogP contribution in [-0.2, 0) is 15.8 Å². The highest BCUT2D eigenvalue weighted by atomic mass is 35.5. The topological polar surface area (TPSA) is 87.6 Å². The molecule has 8 heteroatoms. The van der Waals surface area contributed by atoms with Gasteiger partial charge in [0.1, 0.15) is 12.2 Å². The Hall–Kier alpha value is -2.22. The lowest BCUT2D eigenvalue weighted by atomic mass is 9.73. The van der Waals surface area contributed by atoms with Gasteiger partial charge in [0.25, 0.3) is 0 Å². The number of likely N-dealkylation sites (tertiary alicyclic amines) is 1. The van der Waals surface area contributed by atoms with E-state index in [1.807, 2.05) is 19.1 Å². The molecule has 0 atom stereocenters. The molecule has 1 fully saturated rings. The van der Waals surface area contributed by atoms with Crippen molar-refractivity contribution in [3.05, 3.63) is 46.5 Å². The Kier molecular flexibility index (Phi) is 5.46. The molecule has 0 saturated carbocycles. The van der Waals surface area contributed by atoms with Crippen LogP contribution in [-0.4, -0.2) is 52.1 Å². The van der Waals surface area contributed by atoms with E-state index in [0.29, 0.717) is 23.2 Å². The van der Waals surface area contributed by atoms with Gasteiger partial charge in [0.05, 0.1) is 17.8 Å². The molecule has 7 nitrogen and oxygen atoms in total. The van der Waals surface area contributed by atoms with Gasteiger partial charge in [-0.2, -0.15) is 0 Å². The number of aromatic nitrogens is 2. The van der Waals surface area contributed by atoms with Crippen LogP contribution >= 0.6 is 11.6 Å². The minimum absolute atomic E-state index is 0.0859. The highest BCUT2D eigenvalue weighted by Gasteiger charge is 2.48. The summed E-state index contributed by atoms with van der Waals surface area (Å²) in [5, 5.41) is 13.7. The summed E-state index contributed by atoms with van der Waals surface area (Å²) in [6.45, 7) is 8.16. The maximum atomic E-state index is 12.8. The van der Waals surface area contributed by atoms with Crippen LogP contribution in [0.2, 0.25) is 5.02 Å². The third-order valence-corrected chi connectivity index (χ3v) is 6.27.